The Labute approximate surface area is 163 Å². The summed E-state index contributed by atoms with van der Waals surface area (Å²) in [5.41, 5.74) is 2.36. The first-order valence-electron chi connectivity index (χ1n) is 8.31. The van der Waals surface area contributed by atoms with Gasteiger partial charge in [-0.3, -0.25) is 14.9 Å². The van der Waals surface area contributed by atoms with Crippen molar-refractivity contribution < 1.29 is 14.8 Å². The van der Waals surface area contributed by atoms with E-state index in [0.717, 1.165) is 21.1 Å². The molecule has 0 fully saturated rings. The summed E-state index contributed by atoms with van der Waals surface area (Å²) in [5.74, 6) is -0.229. The number of nitrogens with one attached hydrogen (secondary N) is 1. The van der Waals surface area contributed by atoms with E-state index in [9.17, 15) is 20.0 Å². The van der Waals surface area contributed by atoms with Crippen molar-refractivity contribution in [3.63, 3.8) is 0 Å². The third-order valence-electron chi connectivity index (χ3n) is 4.44. The highest BCUT2D eigenvalue weighted by Crippen LogP contribution is 2.30. The number of nitrogens with zero attached hydrogens (tertiary/aromatic N) is 2. The van der Waals surface area contributed by atoms with Crippen LogP contribution in [0.2, 0.25) is 0 Å². The summed E-state index contributed by atoms with van der Waals surface area (Å²) in [4.78, 5) is 22.5. The molecule has 1 atom stereocenters. The highest BCUT2D eigenvalue weighted by Gasteiger charge is 2.16. The lowest BCUT2D eigenvalue weighted by Crippen LogP contribution is -2.31. The Morgan fingerprint density at radius 3 is 2.59 bits per heavy atom. The molecule has 0 aliphatic rings. The topological polar surface area (TPSA) is 97.4 Å². The Hall–Kier alpha value is -2.71. The Bertz CT molecular complexity index is 998. The standard InChI is InChI=1S/C19H18BrN3O4/c1-12-19(20)15-4-2-3-5-16(15)22(12)11-18(25)21-10-17(24)13-6-8-14(9-7-13)23(26)27/h2-9,17,24H,10-11H2,1H3,(H,21,25). The SMILES string of the molecule is Cc1c(Br)c2ccccc2n1CC(=O)NCC(O)c1ccc([N+](=O)[O-])cc1. The van der Waals surface area contributed by atoms with Gasteiger partial charge in [-0.1, -0.05) is 18.2 Å². The molecular formula is C19H18BrN3O4. The maximum Gasteiger partial charge on any atom is 0.269 e. The number of benzene rings is 2. The number of hydrogen-bond donors (Lipinski definition) is 2. The normalized spacial score (nSPS) is 12.1. The van der Waals surface area contributed by atoms with Crippen molar-refractivity contribution >= 4 is 38.4 Å². The quantitative estimate of drug-likeness (QED) is 0.461. The van der Waals surface area contributed by atoms with Gasteiger partial charge in [0.15, 0.2) is 0 Å². The molecule has 7 nitrogen and oxygen atoms in total. The van der Waals surface area contributed by atoms with Crippen LogP contribution in [0.3, 0.4) is 0 Å². The first kappa shape index (κ1) is 19.1. The van der Waals surface area contributed by atoms with Gasteiger partial charge in [-0.05, 0) is 46.6 Å². The van der Waals surface area contributed by atoms with E-state index < -0.39 is 11.0 Å². The predicted octanol–water partition coefficient (Wildman–Crippen LogP) is 3.47. The van der Waals surface area contributed by atoms with Gasteiger partial charge in [-0.2, -0.15) is 0 Å². The number of nitro groups is 1. The number of carbonyl (C=O) groups excluding carboxylic acids is 1. The first-order valence-corrected chi connectivity index (χ1v) is 9.10. The highest BCUT2D eigenvalue weighted by atomic mass is 79.9. The minimum Gasteiger partial charge on any atom is -0.387 e. The van der Waals surface area contributed by atoms with Crippen LogP contribution in [0.25, 0.3) is 10.9 Å². The average Bonchev–Trinajstić information content (AvgIpc) is 2.91. The molecule has 140 valence electrons. The first-order chi connectivity index (χ1) is 12.9. The molecule has 1 unspecified atom stereocenters. The molecule has 3 rings (SSSR count). The summed E-state index contributed by atoms with van der Waals surface area (Å²) >= 11 is 3.56. The number of halogens is 1. The van der Waals surface area contributed by atoms with Crippen LogP contribution in [0.5, 0.6) is 0 Å². The summed E-state index contributed by atoms with van der Waals surface area (Å²) in [6, 6.07) is 13.4. The molecule has 2 aromatic carbocycles. The van der Waals surface area contributed by atoms with Crippen LogP contribution in [-0.2, 0) is 11.3 Å². The summed E-state index contributed by atoms with van der Waals surface area (Å²) in [6.07, 6.45) is -0.941. The highest BCUT2D eigenvalue weighted by molar-refractivity contribution is 9.10. The number of amides is 1. The molecule has 1 aromatic heterocycles. The van der Waals surface area contributed by atoms with E-state index in [1.54, 1.807) is 0 Å². The van der Waals surface area contributed by atoms with Gasteiger partial charge in [0, 0.05) is 39.7 Å². The summed E-state index contributed by atoms with van der Waals surface area (Å²) in [5, 5.41) is 24.6. The van der Waals surface area contributed by atoms with Crippen molar-refractivity contribution in [2.24, 2.45) is 0 Å². The van der Waals surface area contributed by atoms with Crippen LogP contribution in [-0.4, -0.2) is 27.0 Å². The second-order valence-corrected chi connectivity index (χ2v) is 6.96. The van der Waals surface area contributed by atoms with Crippen LogP contribution < -0.4 is 5.32 Å². The van der Waals surface area contributed by atoms with Gasteiger partial charge in [-0.25, -0.2) is 0 Å². The molecule has 0 radical (unpaired) electrons. The molecule has 0 saturated carbocycles. The number of fused-ring (bicyclic) bond motifs is 1. The number of para-hydroxylation sites is 1. The van der Waals surface area contributed by atoms with E-state index in [-0.39, 0.29) is 24.7 Å². The molecule has 3 aromatic rings. The van der Waals surface area contributed by atoms with Gasteiger partial charge < -0.3 is 15.0 Å². The molecule has 1 heterocycles. The third kappa shape index (κ3) is 4.01. The van der Waals surface area contributed by atoms with E-state index in [4.69, 9.17) is 0 Å². The zero-order valence-corrected chi connectivity index (χ0v) is 16.1. The molecular weight excluding hydrogens is 414 g/mol. The minimum absolute atomic E-state index is 0.0239. The minimum atomic E-state index is -0.941. The van der Waals surface area contributed by atoms with Crippen LogP contribution in [0.4, 0.5) is 5.69 Å². The fourth-order valence-corrected chi connectivity index (χ4v) is 3.49. The van der Waals surface area contributed by atoms with Crippen molar-refractivity contribution in [2.75, 3.05) is 6.54 Å². The molecule has 8 heteroatoms. The van der Waals surface area contributed by atoms with E-state index >= 15 is 0 Å². The van der Waals surface area contributed by atoms with Crippen LogP contribution in [0.15, 0.2) is 53.0 Å². The number of rotatable bonds is 6. The molecule has 0 aliphatic carbocycles. The molecule has 2 N–H and O–H groups in total. The largest absolute Gasteiger partial charge is 0.387 e. The van der Waals surface area contributed by atoms with E-state index in [1.165, 1.54) is 24.3 Å². The van der Waals surface area contributed by atoms with Gasteiger partial charge in [-0.15, -0.1) is 0 Å². The average molecular weight is 432 g/mol. The zero-order valence-electron chi connectivity index (χ0n) is 14.6. The lowest BCUT2D eigenvalue weighted by atomic mass is 10.1. The second kappa shape index (κ2) is 7.89. The maximum absolute atomic E-state index is 12.3. The number of aliphatic hydroxyl groups is 1. The number of hydrogen-bond acceptors (Lipinski definition) is 4. The number of non-ortho nitro benzene ring substituents is 1. The van der Waals surface area contributed by atoms with Gasteiger partial charge in [0.1, 0.15) is 6.54 Å². The van der Waals surface area contributed by atoms with Gasteiger partial charge in [0.05, 0.1) is 11.0 Å². The van der Waals surface area contributed by atoms with Crippen molar-refractivity contribution in [1.82, 2.24) is 9.88 Å². The predicted molar refractivity (Wildman–Crippen MR) is 105 cm³/mol. The number of aromatic nitrogens is 1. The lowest BCUT2D eigenvalue weighted by Gasteiger charge is -2.13. The van der Waals surface area contributed by atoms with Crippen molar-refractivity contribution in [1.29, 1.82) is 0 Å². The Kier molecular flexibility index (Phi) is 5.57. The van der Waals surface area contributed by atoms with Crippen molar-refractivity contribution in [3.8, 4) is 0 Å². The summed E-state index contributed by atoms with van der Waals surface area (Å²) in [7, 11) is 0. The third-order valence-corrected chi connectivity index (χ3v) is 5.44. The van der Waals surface area contributed by atoms with Gasteiger partial charge in [0.25, 0.3) is 5.69 Å². The summed E-state index contributed by atoms with van der Waals surface area (Å²) in [6.45, 7) is 2.09. The van der Waals surface area contributed by atoms with E-state index in [0.29, 0.717) is 5.56 Å². The number of aliphatic hydroxyl groups excluding tert-OH is 1. The smallest absolute Gasteiger partial charge is 0.269 e. The molecule has 0 spiro atoms. The van der Waals surface area contributed by atoms with E-state index in [1.807, 2.05) is 35.8 Å². The van der Waals surface area contributed by atoms with Crippen molar-refractivity contribution in [2.45, 2.75) is 19.6 Å². The molecule has 1 amide bonds. The Morgan fingerprint density at radius 2 is 1.93 bits per heavy atom. The molecule has 0 aliphatic heterocycles. The molecule has 0 saturated heterocycles. The fraction of sp³-hybridized carbons (Fsp3) is 0.211. The Morgan fingerprint density at radius 1 is 1.26 bits per heavy atom. The summed E-state index contributed by atoms with van der Waals surface area (Å²) < 4.78 is 2.87. The Balaban J connectivity index is 1.65. The fourth-order valence-electron chi connectivity index (χ4n) is 2.94. The van der Waals surface area contributed by atoms with Crippen molar-refractivity contribution in [3.05, 3.63) is 74.4 Å². The zero-order chi connectivity index (χ0) is 19.6. The van der Waals surface area contributed by atoms with Crippen LogP contribution in [0, 0.1) is 17.0 Å². The van der Waals surface area contributed by atoms with Crippen LogP contribution >= 0.6 is 15.9 Å². The van der Waals surface area contributed by atoms with Gasteiger partial charge >= 0.3 is 0 Å². The van der Waals surface area contributed by atoms with E-state index in [2.05, 4.69) is 21.2 Å². The monoisotopic (exact) mass is 431 g/mol. The van der Waals surface area contributed by atoms with Crippen LogP contribution in [0.1, 0.15) is 17.4 Å². The number of nitro benzene ring substituents is 1. The molecule has 0 bridgehead atoms. The molecule has 27 heavy (non-hydrogen) atoms. The number of carbonyl (C=O) groups is 1. The van der Waals surface area contributed by atoms with Gasteiger partial charge in [0.2, 0.25) is 5.91 Å². The lowest BCUT2D eigenvalue weighted by molar-refractivity contribution is -0.384. The maximum atomic E-state index is 12.3. The second-order valence-electron chi connectivity index (χ2n) is 6.17.